The molecule has 1 heteroatoms. The van der Waals surface area contributed by atoms with Crippen molar-refractivity contribution in [2.75, 3.05) is 6.16 Å². The molecule has 0 spiro atoms. The van der Waals surface area contributed by atoms with Gasteiger partial charge < -0.3 is 0 Å². The summed E-state index contributed by atoms with van der Waals surface area (Å²) in [7, 11) is 0.00275. The van der Waals surface area contributed by atoms with Crippen molar-refractivity contribution < 1.29 is 0 Å². The van der Waals surface area contributed by atoms with Gasteiger partial charge in [0.1, 0.15) is 0 Å². The van der Waals surface area contributed by atoms with E-state index < -0.39 is 0 Å². The molecule has 104 valence electrons. The number of hydrogen-bond acceptors (Lipinski definition) is 0. The van der Waals surface area contributed by atoms with Crippen LogP contribution in [0.1, 0.15) is 62.3 Å². The van der Waals surface area contributed by atoms with E-state index in [9.17, 15) is 0 Å². The van der Waals surface area contributed by atoms with E-state index in [2.05, 4.69) is 68.4 Å². The maximum Gasteiger partial charge on any atom is 0.00252 e. The summed E-state index contributed by atoms with van der Waals surface area (Å²) < 4.78 is 0. The molecule has 0 aromatic carbocycles. The van der Waals surface area contributed by atoms with Crippen LogP contribution in [0.4, 0.5) is 0 Å². The van der Waals surface area contributed by atoms with Crippen LogP contribution >= 0.6 is 7.92 Å². The van der Waals surface area contributed by atoms with E-state index >= 15 is 0 Å². The third-order valence-electron chi connectivity index (χ3n) is 4.19. The lowest BCUT2D eigenvalue weighted by atomic mass is 10.1. The molecule has 1 aliphatic rings. The van der Waals surface area contributed by atoms with E-state index in [1.165, 1.54) is 17.3 Å². The van der Waals surface area contributed by atoms with Gasteiger partial charge in [-0.2, -0.15) is 0 Å². The second-order valence-corrected chi connectivity index (χ2v) is 11.6. The van der Waals surface area contributed by atoms with E-state index in [0.717, 1.165) is 0 Å². The Balaban J connectivity index is 2.95. The first kappa shape index (κ1) is 16.0. The monoisotopic (exact) mass is 266 g/mol. The summed E-state index contributed by atoms with van der Waals surface area (Å²) in [4.78, 5) is 0. The third-order valence-corrected chi connectivity index (χ3v) is 8.19. The maximum absolute atomic E-state index is 2.50. The predicted molar refractivity (Wildman–Crippen MR) is 86.9 cm³/mol. The molecule has 0 radical (unpaired) electrons. The molecule has 0 saturated carbocycles. The molecule has 0 bridgehead atoms. The molecule has 0 heterocycles. The molecule has 0 amide bonds. The highest BCUT2D eigenvalue weighted by molar-refractivity contribution is 7.60. The SMILES string of the molecule is CC1=CC(CP(C(C)(C)C)C(C)(C)C)C(C)=C1C. The van der Waals surface area contributed by atoms with E-state index in [0.29, 0.717) is 16.2 Å². The maximum atomic E-state index is 2.50. The van der Waals surface area contributed by atoms with Crippen molar-refractivity contribution in [2.24, 2.45) is 5.92 Å². The van der Waals surface area contributed by atoms with Crippen LogP contribution in [0.3, 0.4) is 0 Å². The summed E-state index contributed by atoms with van der Waals surface area (Å²) >= 11 is 0. The minimum atomic E-state index is 0.00275. The lowest BCUT2D eigenvalue weighted by Gasteiger charge is -2.43. The Labute approximate surface area is 116 Å². The first-order valence-corrected chi connectivity index (χ1v) is 8.61. The van der Waals surface area contributed by atoms with Crippen molar-refractivity contribution in [3.8, 4) is 0 Å². The summed E-state index contributed by atoms with van der Waals surface area (Å²) in [5.41, 5.74) is 4.63. The number of hydrogen-bond donors (Lipinski definition) is 0. The van der Waals surface area contributed by atoms with Crippen LogP contribution in [0.15, 0.2) is 22.8 Å². The number of rotatable bonds is 2. The molecule has 0 N–H and O–H groups in total. The van der Waals surface area contributed by atoms with Gasteiger partial charge in [-0.05, 0) is 42.8 Å². The average Bonchev–Trinajstić information content (AvgIpc) is 2.39. The molecule has 0 aromatic rings. The van der Waals surface area contributed by atoms with Crippen molar-refractivity contribution in [3.05, 3.63) is 22.8 Å². The molecule has 0 aromatic heterocycles. The van der Waals surface area contributed by atoms with Gasteiger partial charge in [0.05, 0.1) is 0 Å². The van der Waals surface area contributed by atoms with Crippen molar-refractivity contribution >= 4 is 7.92 Å². The Kier molecular flexibility index (Phi) is 4.54. The van der Waals surface area contributed by atoms with Crippen LogP contribution in [0.5, 0.6) is 0 Å². The summed E-state index contributed by atoms with van der Waals surface area (Å²) in [6.07, 6.45) is 3.85. The number of allylic oxidation sites excluding steroid dienone is 4. The van der Waals surface area contributed by atoms with E-state index in [-0.39, 0.29) is 7.92 Å². The zero-order valence-corrected chi connectivity index (χ0v) is 14.7. The van der Waals surface area contributed by atoms with Gasteiger partial charge in [-0.3, -0.25) is 0 Å². The van der Waals surface area contributed by atoms with E-state index in [4.69, 9.17) is 0 Å². The molecule has 18 heavy (non-hydrogen) atoms. The van der Waals surface area contributed by atoms with Crippen LogP contribution < -0.4 is 0 Å². The second-order valence-electron chi connectivity index (χ2n) is 7.72. The lowest BCUT2D eigenvalue weighted by Crippen LogP contribution is -2.28. The van der Waals surface area contributed by atoms with Crippen molar-refractivity contribution in [1.29, 1.82) is 0 Å². The highest BCUT2D eigenvalue weighted by Crippen LogP contribution is 2.61. The van der Waals surface area contributed by atoms with Gasteiger partial charge >= 0.3 is 0 Å². The normalized spacial score (nSPS) is 21.9. The largest absolute Gasteiger partial charge is 0.0947 e. The fourth-order valence-electron chi connectivity index (χ4n) is 3.08. The van der Waals surface area contributed by atoms with Gasteiger partial charge in [-0.25, -0.2) is 0 Å². The molecule has 0 nitrogen and oxygen atoms in total. The smallest absolute Gasteiger partial charge is 0.00252 e. The summed E-state index contributed by atoms with van der Waals surface area (Å²) in [5.74, 6) is 0.689. The minimum absolute atomic E-state index is 0.00275. The first-order valence-electron chi connectivity index (χ1n) is 7.08. The van der Waals surface area contributed by atoms with Crippen LogP contribution in [0.2, 0.25) is 0 Å². The lowest BCUT2D eigenvalue weighted by molar-refractivity contribution is 0.691. The van der Waals surface area contributed by atoms with E-state index in [1.54, 1.807) is 5.57 Å². The topological polar surface area (TPSA) is 0 Å². The van der Waals surface area contributed by atoms with Crippen molar-refractivity contribution in [1.82, 2.24) is 0 Å². The molecule has 0 saturated heterocycles. The summed E-state index contributed by atoms with van der Waals surface area (Å²) in [6, 6.07) is 0. The Morgan fingerprint density at radius 1 is 0.944 bits per heavy atom. The van der Waals surface area contributed by atoms with Crippen LogP contribution in [-0.4, -0.2) is 16.5 Å². The zero-order valence-electron chi connectivity index (χ0n) is 13.8. The zero-order chi connectivity index (χ0) is 14.3. The first-order chi connectivity index (χ1) is 7.94. The standard InChI is InChI=1S/C17H31P/c1-12-10-15(14(3)13(12)2)11-18(16(4,5)6)17(7,8)9/h10,15H,11H2,1-9H3. The van der Waals surface area contributed by atoms with Crippen LogP contribution in [0, 0.1) is 5.92 Å². The van der Waals surface area contributed by atoms with E-state index in [1.807, 2.05) is 0 Å². The fourth-order valence-corrected chi connectivity index (χ4v) is 6.96. The quantitative estimate of drug-likeness (QED) is 0.539. The second kappa shape index (κ2) is 5.12. The minimum Gasteiger partial charge on any atom is -0.0947 e. The Hall–Kier alpha value is -0.0900. The van der Waals surface area contributed by atoms with Gasteiger partial charge in [0.25, 0.3) is 0 Å². The van der Waals surface area contributed by atoms with Gasteiger partial charge in [-0.1, -0.05) is 66.7 Å². The van der Waals surface area contributed by atoms with Crippen LogP contribution in [-0.2, 0) is 0 Å². The van der Waals surface area contributed by atoms with Crippen molar-refractivity contribution in [3.63, 3.8) is 0 Å². The molecular weight excluding hydrogens is 235 g/mol. The van der Waals surface area contributed by atoms with Crippen molar-refractivity contribution in [2.45, 2.75) is 72.6 Å². The van der Waals surface area contributed by atoms with Crippen LogP contribution in [0.25, 0.3) is 0 Å². The average molecular weight is 266 g/mol. The Bertz CT molecular complexity index is 357. The van der Waals surface area contributed by atoms with Gasteiger partial charge in [-0.15, -0.1) is 0 Å². The molecule has 0 aliphatic heterocycles. The van der Waals surface area contributed by atoms with Gasteiger partial charge in [0.15, 0.2) is 0 Å². The predicted octanol–water partition coefficient (Wildman–Crippen LogP) is 5.98. The third kappa shape index (κ3) is 3.47. The molecule has 1 unspecified atom stereocenters. The molecule has 1 rings (SSSR count). The molecule has 1 aliphatic carbocycles. The summed E-state index contributed by atoms with van der Waals surface area (Å²) in [6.45, 7) is 21.4. The Morgan fingerprint density at radius 2 is 1.39 bits per heavy atom. The Morgan fingerprint density at radius 3 is 1.67 bits per heavy atom. The van der Waals surface area contributed by atoms with Gasteiger partial charge in [0.2, 0.25) is 0 Å². The molecular formula is C17H31P. The fraction of sp³-hybridized carbons (Fsp3) is 0.765. The molecule has 1 atom stereocenters. The highest BCUT2D eigenvalue weighted by atomic mass is 31.1. The summed E-state index contributed by atoms with van der Waals surface area (Å²) in [5, 5.41) is 0.873. The van der Waals surface area contributed by atoms with Gasteiger partial charge in [0, 0.05) is 5.92 Å². The highest BCUT2D eigenvalue weighted by Gasteiger charge is 2.36. The molecule has 0 fully saturated rings.